The molecule has 0 radical (unpaired) electrons. The molecular formula is C29H42N4O. The lowest BCUT2D eigenvalue weighted by molar-refractivity contribution is 0.280. The first-order valence-electron chi connectivity index (χ1n) is 12.8. The molecule has 0 unspecified atom stereocenters. The van der Waals surface area contributed by atoms with E-state index in [9.17, 15) is 0 Å². The van der Waals surface area contributed by atoms with E-state index in [1.165, 1.54) is 31.2 Å². The molecule has 1 N–H and O–H groups in total. The molecule has 5 nitrogen and oxygen atoms in total. The second kappa shape index (κ2) is 13.3. The van der Waals surface area contributed by atoms with Crippen molar-refractivity contribution in [1.29, 1.82) is 0 Å². The molecule has 0 bridgehead atoms. The van der Waals surface area contributed by atoms with Crippen molar-refractivity contribution in [2.24, 2.45) is 11.8 Å². The van der Waals surface area contributed by atoms with Gasteiger partial charge < -0.3 is 15.0 Å². The van der Waals surface area contributed by atoms with Crippen LogP contribution in [0.5, 0.6) is 5.75 Å². The fourth-order valence-corrected chi connectivity index (χ4v) is 4.46. The van der Waals surface area contributed by atoms with E-state index < -0.39 is 0 Å². The number of hydrogen-bond donors (Lipinski definition) is 1. The molecule has 1 fully saturated rings. The van der Waals surface area contributed by atoms with Gasteiger partial charge in [-0.15, -0.1) is 0 Å². The number of fused-ring (bicyclic) bond motifs is 1. The van der Waals surface area contributed by atoms with Gasteiger partial charge in [0.25, 0.3) is 0 Å². The van der Waals surface area contributed by atoms with Gasteiger partial charge in [0.1, 0.15) is 17.4 Å². The molecule has 1 saturated carbocycles. The minimum absolute atomic E-state index is 0.803. The highest BCUT2D eigenvalue weighted by Crippen LogP contribution is 2.28. The number of para-hydroxylation sites is 2. The normalized spacial score (nSPS) is 17.7. The number of nitrogens with zero attached hydrogens (tertiary/aromatic N) is 3. The van der Waals surface area contributed by atoms with Crippen LogP contribution in [-0.4, -0.2) is 37.2 Å². The summed E-state index contributed by atoms with van der Waals surface area (Å²) in [6.07, 6.45) is 6.65. The Bertz CT molecular complexity index is 1010. The number of ether oxygens (including phenoxy) is 1. The Hall–Kier alpha value is -2.66. The third kappa shape index (κ3) is 7.69. The van der Waals surface area contributed by atoms with E-state index in [2.05, 4.69) is 53.4 Å². The topological polar surface area (TPSA) is 50.3 Å². The molecule has 1 aliphatic rings. The summed E-state index contributed by atoms with van der Waals surface area (Å²) in [5, 5.41) is 4.72. The van der Waals surface area contributed by atoms with Crippen LogP contribution in [0, 0.1) is 18.8 Å². The third-order valence-corrected chi connectivity index (χ3v) is 6.44. The highest BCUT2D eigenvalue weighted by Gasteiger charge is 2.17. The van der Waals surface area contributed by atoms with Gasteiger partial charge in [-0.2, -0.15) is 0 Å². The van der Waals surface area contributed by atoms with Crippen LogP contribution >= 0.6 is 0 Å². The molecule has 2 aromatic carbocycles. The van der Waals surface area contributed by atoms with Gasteiger partial charge in [0.15, 0.2) is 0 Å². The zero-order valence-corrected chi connectivity index (χ0v) is 21.7. The highest BCUT2D eigenvalue weighted by molar-refractivity contribution is 5.89. The second-order valence-electron chi connectivity index (χ2n) is 9.72. The third-order valence-electron chi connectivity index (χ3n) is 6.44. The zero-order valence-electron chi connectivity index (χ0n) is 21.7. The van der Waals surface area contributed by atoms with Gasteiger partial charge in [0, 0.05) is 31.6 Å². The molecule has 5 heteroatoms. The molecule has 0 spiro atoms. The molecule has 0 amide bonds. The van der Waals surface area contributed by atoms with Crippen LogP contribution in [0.2, 0.25) is 0 Å². The lowest BCUT2D eigenvalue weighted by atomic mass is 9.83. The van der Waals surface area contributed by atoms with Crippen molar-refractivity contribution in [1.82, 2.24) is 15.3 Å². The largest absolute Gasteiger partial charge is 0.493 e. The Morgan fingerprint density at radius 2 is 1.68 bits per heavy atom. The van der Waals surface area contributed by atoms with E-state index in [0.717, 1.165) is 66.2 Å². The summed E-state index contributed by atoms with van der Waals surface area (Å²) in [4.78, 5) is 10.8. The quantitative estimate of drug-likeness (QED) is 0.420. The van der Waals surface area contributed by atoms with Crippen LogP contribution in [0.1, 0.15) is 57.3 Å². The van der Waals surface area contributed by atoms with Crippen molar-refractivity contribution in [3.05, 3.63) is 59.9 Å². The predicted molar refractivity (Wildman–Crippen MR) is 144 cm³/mol. The zero-order chi connectivity index (χ0) is 24.3. The molecule has 0 saturated heterocycles. The maximum absolute atomic E-state index is 5.80. The van der Waals surface area contributed by atoms with Gasteiger partial charge >= 0.3 is 0 Å². The standard InChI is InChI=1S/C18H29NO.C11H13N3/c1-3-12-20-18-7-5-4-6-17(18)14-19-13-16-10-8-15(2)9-11-16;1-8-12-10-7-5-4-6-9(10)11(13-8)14(2)3/h4-7,15-16,19H,3,8-14H2,1-2H3;4-7H,1-3H3. The molecule has 0 aliphatic heterocycles. The summed E-state index contributed by atoms with van der Waals surface area (Å²) in [6, 6.07) is 16.5. The van der Waals surface area contributed by atoms with Gasteiger partial charge in [0.05, 0.1) is 12.1 Å². The van der Waals surface area contributed by atoms with E-state index in [4.69, 9.17) is 4.74 Å². The van der Waals surface area contributed by atoms with Crippen molar-refractivity contribution < 1.29 is 4.74 Å². The van der Waals surface area contributed by atoms with E-state index in [-0.39, 0.29) is 0 Å². The SMILES string of the molecule is CCCOc1ccccc1CNCC1CCC(C)CC1.Cc1nc(N(C)C)c2ccccc2n1. The number of rotatable bonds is 8. The number of benzene rings is 2. The van der Waals surface area contributed by atoms with Gasteiger partial charge in [-0.05, 0) is 62.8 Å². The number of hydrogen-bond acceptors (Lipinski definition) is 5. The first-order chi connectivity index (χ1) is 16.5. The van der Waals surface area contributed by atoms with Crippen LogP contribution in [0.3, 0.4) is 0 Å². The van der Waals surface area contributed by atoms with Crippen molar-refractivity contribution in [2.75, 3.05) is 32.1 Å². The molecule has 34 heavy (non-hydrogen) atoms. The average molecular weight is 463 g/mol. The lowest BCUT2D eigenvalue weighted by Gasteiger charge is -2.26. The molecule has 184 valence electrons. The molecule has 0 atom stereocenters. The van der Waals surface area contributed by atoms with E-state index in [1.54, 1.807) is 0 Å². The molecular weight excluding hydrogens is 420 g/mol. The minimum atomic E-state index is 0.803. The Kier molecular flexibility index (Phi) is 10.1. The smallest absolute Gasteiger partial charge is 0.139 e. The molecule has 3 aromatic rings. The lowest BCUT2D eigenvalue weighted by Crippen LogP contribution is -2.25. The van der Waals surface area contributed by atoms with Crippen molar-refractivity contribution >= 4 is 16.7 Å². The summed E-state index contributed by atoms with van der Waals surface area (Å²) in [5.74, 6) is 4.64. The van der Waals surface area contributed by atoms with Crippen LogP contribution < -0.4 is 15.0 Å². The molecule has 4 rings (SSSR count). The highest BCUT2D eigenvalue weighted by atomic mass is 16.5. The van der Waals surface area contributed by atoms with Crippen LogP contribution in [-0.2, 0) is 6.54 Å². The summed E-state index contributed by atoms with van der Waals surface area (Å²) in [5.41, 5.74) is 2.29. The van der Waals surface area contributed by atoms with E-state index in [0.29, 0.717) is 0 Å². The second-order valence-corrected chi connectivity index (χ2v) is 9.72. The molecule has 1 heterocycles. The number of aryl methyl sites for hydroxylation is 1. The number of aromatic nitrogens is 2. The molecule has 1 aliphatic carbocycles. The fourth-order valence-electron chi connectivity index (χ4n) is 4.46. The Morgan fingerprint density at radius 1 is 0.971 bits per heavy atom. The number of nitrogens with one attached hydrogen (secondary N) is 1. The minimum Gasteiger partial charge on any atom is -0.493 e. The van der Waals surface area contributed by atoms with E-state index >= 15 is 0 Å². The van der Waals surface area contributed by atoms with Crippen LogP contribution in [0.15, 0.2) is 48.5 Å². The fraction of sp³-hybridized carbons (Fsp3) is 0.517. The van der Waals surface area contributed by atoms with Crippen molar-refractivity contribution in [3.63, 3.8) is 0 Å². The first kappa shape index (κ1) is 26.0. The van der Waals surface area contributed by atoms with Crippen LogP contribution in [0.25, 0.3) is 10.9 Å². The van der Waals surface area contributed by atoms with Gasteiger partial charge in [-0.25, -0.2) is 9.97 Å². The monoisotopic (exact) mass is 462 g/mol. The summed E-state index contributed by atoms with van der Waals surface area (Å²) in [7, 11) is 3.99. The van der Waals surface area contributed by atoms with Gasteiger partial charge in [-0.1, -0.05) is 57.0 Å². The maximum atomic E-state index is 5.80. The number of anilines is 1. The van der Waals surface area contributed by atoms with Crippen molar-refractivity contribution in [3.8, 4) is 5.75 Å². The van der Waals surface area contributed by atoms with Crippen LogP contribution in [0.4, 0.5) is 5.82 Å². The van der Waals surface area contributed by atoms with Gasteiger partial charge in [-0.3, -0.25) is 0 Å². The van der Waals surface area contributed by atoms with Gasteiger partial charge in [0.2, 0.25) is 0 Å². The molecule has 1 aromatic heterocycles. The Morgan fingerprint density at radius 3 is 2.41 bits per heavy atom. The van der Waals surface area contributed by atoms with E-state index in [1.807, 2.05) is 50.2 Å². The summed E-state index contributed by atoms with van der Waals surface area (Å²) in [6.45, 7) is 9.31. The Balaban J connectivity index is 0.000000202. The predicted octanol–water partition coefficient (Wildman–Crippen LogP) is 6.40. The average Bonchev–Trinajstić information content (AvgIpc) is 2.84. The Labute approximate surface area is 206 Å². The summed E-state index contributed by atoms with van der Waals surface area (Å²) < 4.78 is 5.80. The first-order valence-corrected chi connectivity index (χ1v) is 12.8. The maximum Gasteiger partial charge on any atom is 0.139 e. The van der Waals surface area contributed by atoms with Crippen molar-refractivity contribution in [2.45, 2.75) is 59.4 Å². The summed E-state index contributed by atoms with van der Waals surface area (Å²) >= 11 is 0.